The van der Waals surface area contributed by atoms with Crippen molar-refractivity contribution in [2.45, 2.75) is 26.3 Å². The molecule has 0 radical (unpaired) electrons. The number of hydrogen-bond donors (Lipinski definition) is 1. The highest BCUT2D eigenvalue weighted by molar-refractivity contribution is 5.95. The lowest BCUT2D eigenvalue weighted by molar-refractivity contribution is -0.384. The van der Waals surface area contributed by atoms with Crippen molar-refractivity contribution >= 4 is 11.6 Å². The van der Waals surface area contributed by atoms with Gasteiger partial charge in [-0.25, -0.2) is 0 Å². The third-order valence-corrected chi connectivity index (χ3v) is 2.87. The third-order valence-electron chi connectivity index (χ3n) is 2.87. The molecule has 0 bridgehead atoms. The summed E-state index contributed by atoms with van der Waals surface area (Å²) < 4.78 is 5.63. The lowest BCUT2D eigenvalue weighted by atomic mass is 10.1. The molecule has 2 aromatic rings. The van der Waals surface area contributed by atoms with Gasteiger partial charge < -0.3 is 10.1 Å². The molecule has 0 atom stereocenters. The molecular formula is C17H18N2O4. The Kier molecular flexibility index (Phi) is 4.64. The molecule has 23 heavy (non-hydrogen) atoms. The van der Waals surface area contributed by atoms with Crippen molar-refractivity contribution in [3.63, 3.8) is 0 Å². The summed E-state index contributed by atoms with van der Waals surface area (Å²) in [5.41, 5.74) is 0.154. The van der Waals surface area contributed by atoms with Crippen molar-refractivity contribution in [2.75, 3.05) is 0 Å². The first-order valence-electron chi connectivity index (χ1n) is 7.09. The van der Waals surface area contributed by atoms with Gasteiger partial charge in [-0.15, -0.1) is 0 Å². The molecular weight excluding hydrogens is 296 g/mol. The van der Waals surface area contributed by atoms with Crippen molar-refractivity contribution in [1.29, 1.82) is 0 Å². The van der Waals surface area contributed by atoms with Gasteiger partial charge in [-0.2, -0.15) is 0 Å². The van der Waals surface area contributed by atoms with Gasteiger partial charge in [0.2, 0.25) is 0 Å². The van der Waals surface area contributed by atoms with Crippen molar-refractivity contribution in [2.24, 2.45) is 0 Å². The number of hydrogen-bond acceptors (Lipinski definition) is 4. The molecule has 2 rings (SSSR count). The lowest BCUT2D eigenvalue weighted by Gasteiger charge is -2.20. The summed E-state index contributed by atoms with van der Waals surface area (Å²) >= 11 is 0. The highest BCUT2D eigenvalue weighted by atomic mass is 16.6. The van der Waals surface area contributed by atoms with Crippen LogP contribution in [0.2, 0.25) is 0 Å². The first-order chi connectivity index (χ1) is 10.7. The largest absolute Gasteiger partial charge is 0.457 e. The number of nitrogens with one attached hydrogen (secondary N) is 1. The molecule has 0 saturated carbocycles. The van der Waals surface area contributed by atoms with E-state index in [0.29, 0.717) is 17.1 Å². The van der Waals surface area contributed by atoms with Gasteiger partial charge in [0, 0.05) is 23.2 Å². The molecule has 2 aromatic carbocycles. The number of nitro benzene ring substituents is 1. The van der Waals surface area contributed by atoms with Gasteiger partial charge in [-0.1, -0.05) is 6.07 Å². The maximum atomic E-state index is 12.1. The molecule has 0 unspecified atom stereocenters. The molecule has 6 nitrogen and oxygen atoms in total. The van der Waals surface area contributed by atoms with Crippen LogP contribution in [0.1, 0.15) is 31.1 Å². The van der Waals surface area contributed by atoms with Crippen LogP contribution < -0.4 is 10.1 Å². The van der Waals surface area contributed by atoms with Crippen LogP contribution in [0.25, 0.3) is 0 Å². The van der Waals surface area contributed by atoms with Crippen LogP contribution in [0.3, 0.4) is 0 Å². The summed E-state index contributed by atoms with van der Waals surface area (Å²) in [7, 11) is 0. The molecule has 0 aliphatic carbocycles. The minimum absolute atomic E-state index is 0.00402. The zero-order chi connectivity index (χ0) is 17.0. The van der Waals surface area contributed by atoms with E-state index in [4.69, 9.17) is 4.74 Å². The molecule has 120 valence electrons. The van der Waals surface area contributed by atoms with Gasteiger partial charge in [0.05, 0.1) is 4.92 Å². The maximum Gasteiger partial charge on any atom is 0.269 e. The number of ether oxygens (including phenoxy) is 1. The quantitative estimate of drug-likeness (QED) is 0.685. The summed E-state index contributed by atoms with van der Waals surface area (Å²) in [6.07, 6.45) is 0. The minimum atomic E-state index is -0.471. The average molecular weight is 314 g/mol. The SMILES string of the molecule is CC(C)(C)NC(=O)c1cccc(Oc2ccc([N+](=O)[O-])cc2)c1. The number of nitrogens with zero attached hydrogens (tertiary/aromatic N) is 1. The second kappa shape index (κ2) is 6.48. The van der Waals surface area contributed by atoms with Gasteiger partial charge in [0.25, 0.3) is 11.6 Å². The summed E-state index contributed by atoms with van der Waals surface area (Å²) in [6.45, 7) is 5.71. The molecule has 6 heteroatoms. The van der Waals surface area contributed by atoms with Gasteiger partial charge in [-0.3, -0.25) is 14.9 Å². The van der Waals surface area contributed by atoms with E-state index in [1.165, 1.54) is 24.3 Å². The third kappa shape index (κ3) is 4.81. The number of carbonyl (C=O) groups excluding carboxylic acids is 1. The molecule has 0 spiro atoms. The zero-order valence-corrected chi connectivity index (χ0v) is 13.2. The van der Waals surface area contributed by atoms with Gasteiger partial charge in [0.1, 0.15) is 11.5 Å². The van der Waals surface area contributed by atoms with Crippen molar-refractivity contribution < 1.29 is 14.5 Å². The molecule has 0 aliphatic rings. The Hall–Kier alpha value is -2.89. The Morgan fingerprint density at radius 3 is 2.30 bits per heavy atom. The predicted octanol–water partition coefficient (Wildman–Crippen LogP) is 3.92. The molecule has 0 aliphatic heterocycles. The van der Waals surface area contributed by atoms with Crippen LogP contribution in [0.15, 0.2) is 48.5 Å². The Morgan fingerprint density at radius 2 is 1.74 bits per heavy atom. The lowest BCUT2D eigenvalue weighted by Crippen LogP contribution is -2.40. The number of non-ortho nitro benzene ring substituents is 1. The number of rotatable bonds is 4. The van der Waals surface area contributed by atoms with Crippen LogP contribution in [-0.4, -0.2) is 16.4 Å². The second-order valence-corrected chi connectivity index (χ2v) is 6.09. The Bertz CT molecular complexity index is 718. The first kappa shape index (κ1) is 16.5. The van der Waals surface area contributed by atoms with Crippen molar-refractivity contribution in [3.05, 3.63) is 64.2 Å². The normalized spacial score (nSPS) is 10.9. The van der Waals surface area contributed by atoms with Crippen LogP contribution in [-0.2, 0) is 0 Å². The number of amides is 1. The van der Waals surface area contributed by atoms with Crippen LogP contribution in [0.5, 0.6) is 11.5 Å². The molecule has 0 saturated heterocycles. The van der Waals surface area contributed by atoms with E-state index in [1.807, 2.05) is 20.8 Å². The van der Waals surface area contributed by atoms with Crippen LogP contribution in [0, 0.1) is 10.1 Å². The topological polar surface area (TPSA) is 81.5 Å². The highest BCUT2D eigenvalue weighted by Gasteiger charge is 2.15. The Morgan fingerprint density at radius 1 is 1.09 bits per heavy atom. The monoisotopic (exact) mass is 314 g/mol. The number of nitro groups is 1. The van der Waals surface area contributed by atoms with E-state index in [1.54, 1.807) is 24.3 Å². The van der Waals surface area contributed by atoms with E-state index >= 15 is 0 Å². The summed E-state index contributed by atoms with van der Waals surface area (Å²) in [4.78, 5) is 22.3. The summed E-state index contributed by atoms with van der Waals surface area (Å²) in [5.74, 6) is 0.760. The summed E-state index contributed by atoms with van der Waals surface area (Å²) in [6, 6.07) is 12.5. The fraction of sp³-hybridized carbons (Fsp3) is 0.235. The minimum Gasteiger partial charge on any atom is -0.457 e. The van der Waals surface area contributed by atoms with E-state index in [-0.39, 0.29) is 17.1 Å². The summed E-state index contributed by atoms with van der Waals surface area (Å²) in [5, 5.41) is 13.5. The van der Waals surface area contributed by atoms with E-state index in [2.05, 4.69) is 5.32 Å². The smallest absolute Gasteiger partial charge is 0.269 e. The van der Waals surface area contributed by atoms with Crippen LogP contribution >= 0.6 is 0 Å². The fourth-order valence-electron chi connectivity index (χ4n) is 1.89. The molecule has 1 amide bonds. The predicted molar refractivity (Wildman–Crippen MR) is 86.8 cm³/mol. The van der Waals surface area contributed by atoms with Crippen LogP contribution in [0.4, 0.5) is 5.69 Å². The number of carbonyl (C=O) groups is 1. The second-order valence-electron chi connectivity index (χ2n) is 6.09. The standard InChI is InChI=1S/C17H18N2O4/c1-17(2,3)18-16(20)12-5-4-6-15(11-12)23-14-9-7-13(8-10-14)19(21)22/h4-11H,1-3H3,(H,18,20). The molecule has 0 fully saturated rings. The molecule has 0 aromatic heterocycles. The molecule has 1 N–H and O–H groups in total. The Balaban J connectivity index is 2.13. The van der Waals surface area contributed by atoms with Gasteiger partial charge in [-0.05, 0) is 51.1 Å². The fourth-order valence-corrected chi connectivity index (χ4v) is 1.89. The first-order valence-corrected chi connectivity index (χ1v) is 7.09. The van der Waals surface area contributed by atoms with Gasteiger partial charge >= 0.3 is 0 Å². The van der Waals surface area contributed by atoms with Crippen molar-refractivity contribution in [1.82, 2.24) is 5.32 Å². The number of benzene rings is 2. The average Bonchev–Trinajstić information content (AvgIpc) is 2.46. The highest BCUT2D eigenvalue weighted by Crippen LogP contribution is 2.24. The molecule has 0 heterocycles. The van der Waals surface area contributed by atoms with E-state index < -0.39 is 4.92 Å². The zero-order valence-electron chi connectivity index (χ0n) is 13.2. The maximum absolute atomic E-state index is 12.1. The van der Waals surface area contributed by atoms with Crippen molar-refractivity contribution in [3.8, 4) is 11.5 Å². The van der Waals surface area contributed by atoms with E-state index in [0.717, 1.165) is 0 Å². The Labute approximate surface area is 134 Å². The van der Waals surface area contributed by atoms with Gasteiger partial charge in [0.15, 0.2) is 0 Å². The van der Waals surface area contributed by atoms with E-state index in [9.17, 15) is 14.9 Å².